The molecule has 3 aromatic rings. The van der Waals surface area contributed by atoms with Crippen LogP contribution in [0.25, 0.3) is 11.2 Å². The zero-order valence-corrected chi connectivity index (χ0v) is 20.6. The van der Waals surface area contributed by atoms with Crippen LogP contribution in [0.15, 0.2) is 28.5 Å². The van der Waals surface area contributed by atoms with Crippen LogP contribution in [0, 0.1) is 3.57 Å². The number of rotatable bonds is 7. The number of ether oxygens (including phenoxy) is 2. The normalized spacial score (nSPS) is 13.8. The highest BCUT2D eigenvalue weighted by atomic mass is 127. The lowest BCUT2D eigenvalue weighted by Crippen LogP contribution is -2.33. The van der Waals surface area contributed by atoms with Gasteiger partial charge in [0.1, 0.15) is 19.5 Å². The average Bonchev–Trinajstić information content (AvgIpc) is 3.05. The first-order valence-corrected chi connectivity index (χ1v) is 13.0. The topological polar surface area (TPSA) is 134 Å². The molecule has 166 valence electrons. The molecule has 0 bridgehead atoms. The number of nitrogens with one attached hydrogen (secondary N) is 1. The van der Waals surface area contributed by atoms with E-state index in [1.54, 1.807) is 18.4 Å². The second-order valence-electron chi connectivity index (χ2n) is 7.10. The van der Waals surface area contributed by atoms with Gasteiger partial charge in [-0.05, 0) is 48.6 Å². The van der Waals surface area contributed by atoms with Crippen molar-refractivity contribution in [1.29, 1.82) is 0 Å². The molecule has 0 radical (unpaired) electrons. The number of fused-ring (bicyclic) bond motifs is 2. The van der Waals surface area contributed by atoms with Gasteiger partial charge in [-0.3, -0.25) is 0 Å². The Bertz CT molecular complexity index is 1230. The van der Waals surface area contributed by atoms with Crippen LogP contribution in [0.1, 0.15) is 13.8 Å². The van der Waals surface area contributed by atoms with Gasteiger partial charge in [-0.1, -0.05) is 11.8 Å². The second kappa shape index (κ2) is 8.96. The number of nitrogens with two attached hydrogens (primary N) is 1. The van der Waals surface area contributed by atoms with Crippen LogP contribution in [0.2, 0.25) is 0 Å². The molecule has 0 unspecified atom stereocenters. The van der Waals surface area contributed by atoms with Crippen LogP contribution in [-0.4, -0.2) is 52.9 Å². The minimum absolute atomic E-state index is 0.119. The Balaban J connectivity index is 1.71. The van der Waals surface area contributed by atoms with E-state index in [4.69, 9.17) is 15.2 Å². The lowest BCUT2D eigenvalue weighted by atomic mass is 10.3. The Hall–Kier alpha value is -1.84. The van der Waals surface area contributed by atoms with Crippen LogP contribution < -0.4 is 19.9 Å². The van der Waals surface area contributed by atoms with Crippen LogP contribution in [-0.2, 0) is 16.6 Å². The summed E-state index contributed by atoms with van der Waals surface area (Å²) in [5, 5.41) is 0.566. The maximum atomic E-state index is 12.4. The van der Waals surface area contributed by atoms with Gasteiger partial charge in [-0.2, -0.15) is 0 Å². The van der Waals surface area contributed by atoms with Crippen molar-refractivity contribution >= 4 is 61.4 Å². The highest BCUT2D eigenvalue weighted by molar-refractivity contribution is 14.1. The van der Waals surface area contributed by atoms with E-state index in [0.29, 0.717) is 41.0 Å². The number of hydrogen-bond donors (Lipinski definition) is 2. The number of benzene rings is 1. The molecule has 31 heavy (non-hydrogen) atoms. The number of aromatic nitrogens is 4. The van der Waals surface area contributed by atoms with Crippen molar-refractivity contribution in [2.45, 2.75) is 36.5 Å². The van der Waals surface area contributed by atoms with Gasteiger partial charge in [-0.25, -0.2) is 28.1 Å². The molecule has 13 heteroatoms. The van der Waals surface area contributed by atoms with Crippen molar-refractivity contribution in [3.63, 3.8) is 0 Å². The average molecular weight is 576 g/mol. The predicted octanol–water partition coefficient (Wildman–Crippen LogP) is 2.26. The van der Waals surface area contributed by atoms with E-state index in [0.717, 1.165) is 8.47 Å². The summed E-state index contributed by atoms with van der Waals surface area (Å²) >= 11 is 3.61. The Kier molecular flexibility index (Phi) is 6.46. The Labute approximate surface area is 197 Å². The summed E-state index contributed by atoms with van der Waals surface area (Å²) in [4.78, 5) is 13.8. The first kappa shape index (κ1) is 22.4. The number of halogens is 1. The molecule has 3 heterocycles. The third-order valence-electron chi connectivity index (χ3n) is 4.32. The number of anilines is 1. The molecule has 4 rings (SSSR count). The predicted molar refractivity (Wildman–Crippen MR) is 126 cm³/mol. The summed E-state index contributed by atoms with van der Waals surface area (Å²) in [7, 11) is -3.47. The zero-order chi connectivity index (χ0) is 22.2. The van der Waals surface area contributed by atoms with Crippen molar-refractivity contribution in [3.8, 4) is 11.5 Å². The van der Waals surface area contributed by atoms with Gasteiger partial charge >= 0.3 is 0 Å². The van der Waals surface area contributed by atoms with Crippen molar-refractivity contribution in [3.05, 3.63) is 22.0 Å². The monoisotopic (exact) mass is 576 g/mol. The number of sulfonamides is 1. The van der Waals surface area contributed by atoms with Crippen molar-refractivity contribution in [2.75, 3.05) is 24.7 Å². The van der Waals surface area contributed by atoms with Crippen LogP contribution in [0.3, 0.4) is 0 Å². The third kappa shape index (κ3) is 4.99. The molecule has 2 aromatic heterocycles. The van der Waals surface area contributed by atoms with Crippen LogP contribution >= 0.6 is 34.4 Å². The quantitative estimate of drug-likeness (QED) is 0.407. The number of nitrogens with zero attached hydrogens (tertiary/aromatic N) is 4. The number of aryl methyl sites for hydroxylation is 1. The molecule has 0 fully saturated rings. The molecular weight excluding hydrogens is 555 g/mol. The smallest absolute Gasteiger partial charge is 0.213 e. The van der Waals surface area contributed by atoms with Crippen molar-refractivity contribution in [2.24, 2.45) is 0 Å². The number of imidazole rings is 1. The van der Waals surface area contributed by atoms with E-state index >= 15 is 0 Å². The molecule has 0 aliphatic carbocycles. The molecular formula is C18H21IN6O4S2. The summed E-state index contributed by atoms with van der Waals surface area (Å²) in [5.41, 5.74) is 6.92. The van der Waals surface area contributed by atoms with E-state index in [2.05, 4.69) is 42.3 Å². The number of nitrogen functional groups attached to an aromatic ring is 1. The Morgan fingerprint density at radius 3 is 2.68 bits per heavy atom. The zero-order valence-electron chi connectivity index (χ0n) is 16.8. The maximum absolute atomic E-state index is 12.4. The minimum atomic E-state index is -3.47. The molecule has 1 aromatic carbocycles. The van der Waals surface area contributed by atoms with Gasteiger partial charge in [0.25, 0.3) is 0 Å². The van der Waals surface area contributed by atoms with Gasteiger partial charge in [0.05, 0.1) is 5.75 Å². The first-order valence-electron chi connectivity index (χ1n) is 9.47. The van der Waals surface area contributed by atoms with Gasteiger partial charge < -0.3 is 19.8 Å². The summed E-state index contributed by atoms with van der Waals surface area (Å²) < 4.78 is 41.4. The van der Waals surface area contributed by atoms with E-state index in [1.807, 2.05) is 12.1 Å². The Morgan fingerprint density at radius 2 is 1.97 bits per heavy atom. The summed E-state index contributed by atoms with van der Waals surface area (Å²) in [6.45, 7) is 4.73. The molecule has 0 saturated carbocycles. The van der Waals surface area contributed by atoms with Crippen molar-refractivity contribution in [1.82, 2.24) is 24.2 Å². The van der Waals surface area contributed by atoms with Gasteiger partial charge in [-0.15, -0.1) is 0 Å². The van der Waals surface area contributed by atoms with Crippen LogP contribution in [0.4, 0.5) is 5.82 Å². The standard InChI is InChI=1S/C18H21IN6O4S2/c1-10(2)24-31(26,27)6-3-25-17-15(16(20)21-9-22-17)23-18(25)30-14-8-13-12(7-11(14)19)28-4-5-29-13/h7-10,24H,3-6H2,1-2H3,(H2,20,21,22). The number of hydrogen-bond acceptors (Lipinski definition) is 9. The summed E-state index contributed by atoms with van der Waals surface area (Å²) in [5.74, 6) is 1.49. The maximum Gasteiger partial charge on any atom is 0.213 e. The first-order chi connectivity index (χ1) is 14.7. The third-order valence-corrected chi connectivity index (χ3v) is 8.18. The molecule has 1 aliphatic heterocycles. The highest BCUT2D eigenvalue weighted by Crippen LogP contribution is 2.40. The fraction of sp³-hybridized carbons (Fsp3) is 0.389. The van der Waals surface area contributed by atoms with E-state index in [9.17, 15) is 8.42 Å². The SMILES string of the molecule is CC(C)NS(=O)(=O)CCn1c(Sc2cc3c(cc2I)OCCO3)nc2c(N)ncnc21. The molecule has 0 amide bonds. The fourth-order valence-electron chi connectivity index (χ4n) is 3.06. The van der Waals surface area contributed by atoms with E-state index < -0.39 is 10.0 Å². The fourth-order valence-corrected chi connectivity index (χ4v) is 6.04. The van der Waals surface area contributed by atoms with Gasteiger partial charge in [0.15, 0.2) is 33.6 Å². The Morgan fingerprint density at radius 1 is 1.26 bits per heavy atom. The summed E-state index contributed by atoms with van der Waals surface area (Å²) in [6.07, 6.45) is 1.35. The molecule has 1 aliphatic rings. The largest absolute Gasteiger partial charge is 0.486 e. The van der Waals surface area contributed by atoms with Crippen molar-refractivity contribution < 1.29 is 17.9 Å². The molecule has 3 N–H and O–H groups in total. The van der Waals surface area contributed by atoms with E-state index in [-0.39, 0.29) is 24.2 Å². The van der Waals surface area contributed by atoms with Gasteiger partial charge in [0.2, 0.25) is 10.0 Å². The lowest BCUT2D eigenvalue weighted by Gasteiger charge is -2.19. The molecule has 0 saturated heterocycles. The van der Waals surface area contributed by atoms with E-state index in [1.165, 1.54) is 18.1 Å². The summed E-state index contributed by atoms with van der Waals surface area (Å²) in [6, 6.07) is 3.63. The second-order valence-corrected chi connectivity index (χ2v) is 11.1. The lowest BCUT2D eigenvalue weighted by molar-refractivity contribution is 0.171. The molecule has 10 nitrogen and oxygen atoms in total. The molecule has 0 atom stereocenters. The highest BCUT2D eigenvalue weighted by Gasteiger charge is 2.21. The van der Waals surface area contributed by atoms with Gasteiger partial charge in [0, 0.05) is 21.1 Å². The van der Waals surface area contributed by atoms with Crippen LogP contribution in [0.5, 0.6) is 11.5 Å². The molecule has 0 spiro atoms. The minimum Gasteiger partial charge on any atom is -0.486 e.